The zero-order valence-electron chi connectivity index (χ0n) is 25.5. The standard InChI is InChI=1S/C35H37Br2N3O4S/c1-25(2)22-38-35(42)33(21-27-8-5-4-6-9-27)39(23-28-10-7-11-30(37)20-28)34(41)24-40(31-16-14-29(36)15-17-31)45(43,44)32-18-12-26(3)13-19-32/h4-20,25,33H,21-24H2,1-3H3,(H,38,42)/t33-/m1/s1. The van der Waals surface area contributed by atoms with Crippen LogP contribution in [0.1, 0.15) is 30.5 Å². The molecule has 0 aliphatic heterocycles. The summed E-state index contributed by atoms with van der Waals surface area (Å²) in [5, 5.41) is 3.01. The first-order valence-electron chi connectivity index (χ1n) is 14.6. The van der Waals surface area contributed by atoms with Crippen LogP contribution in [0.5, 0.6) is 0 Å². The maximum Gasteiger partial charge on any atom is 0.264 e. The molecule has 0 saturated heterocycles. The number of carbonyl (C=O) groups excluding carboxylic acids is 2. The molecule has 1 N–H and O–H groups in total. The third-order valence-electron chi connectivity index (χ3n) is 7.20. The zero-order valence-corrected chi connectivity index (χ0v) is 29.5. The lowest BCUT2D eigenvalue weighted by Gasteiger charge is -2.34. The van der Waals surface area contributed by atoms with Crippen molar-refractivity contribution in [1.29, 1.82) is 0 Å². The molecule has 4 rings (SSSR count). The molecule has 0 unspecified atom stereocenters. The number of sulfonamides is 1. The SMILES string of the molecule is Cc1ccc(S(=O)(=O)N(CC(=O)N(Cc2cccc(Br)c2)[C@H](Cc2ccccc2)C(=O)NCC(C)C)c2ccc(Br)cc2)cc1. The smallest absolute Gasteiger partial charge is 0.264 e. The Bertz CT molecular complexity index is 1700. The largest absolute Gasteiger partial charge is 0.354 e. The second kappa shape index (κ2) is 15.7. The number of nitrogens with one attached hydrogen (secondary N) is 1. The summed E-state index contributed by atoms with van der Waals surface area (Å²) in [7, 11) is -4.16. The Balaban J connectivity index is 1.79. The molecular weight excluding hydrogens is 718 g/mol. The molecule has 4 aromatic carbocycles. The molecule has 10 heteroatoms. The highest BCUT2D eigenvalue weighted by Gasteiger charge is 2.34. The average molecular weight is 756 g/mol. The second-order valence-electron chi connectivity index (χ2n) is 11.3. The molecule has 0 aliphatic carbocycles. The number of hydrogen-bond acceptors (Lipinski definition) is 4. The van der Waals surface area contributed by atoms with Crippen LogP contribution in [0.15, 0.2) is 117 Å². The summed E-state index contributed by atoms with van der Waals surface area (Å²) in [6.07, 6.45) is 0.257. The summed E-state index contributed by atoms with van der Waals surface area (Å²) >= 11 is 6.92. The molecule has 7 nitrogen and oxygen atoms in total. The number of rotatable bonds is 13. The summed E-state index contributed by atoms with van der Waals surface area (Å²) in [5.74, 6) is -0.602. The monoisotopic (exact) mass is 753 g/mol. The van der Waals surface area contributed by atoms with Crippen molar-refractivity contribution in [3.8, 4) is 0 Å². The van der Waals surface area contributed by atoms with E-state index in [1.807, 2.05) is 75.4 Å². The molecule has 0 fully saturated rings. The molecule has 0 aliphatic rings. The molecule has 4 aromatic rings. The van der Waals surface area contributed by atoms with E-state index in [1.165, 1.54) is 17.0 Å². The highest BCUT2D eigenvalue weighted by Crippen LogP contribution is 2.27. The van der Waals surface area contributed by atoms with E-state index in [0.29, 0.717) is 12.2 Å². The van der Waals surface area contributed by atoms with E-state index in [-0.39, 0.29) is 29.7 Å². The minimum atomic E-state index is -4.16. The summed E-state index contributed by atoms with van der Waals surface area (Å²) in [6, 6.07) is 29.4. The lowest BCUT2D eigenvalue weighted by atomic mass is 10.0. The van der Waals surface area contributed by atoms with Gasteiger partial charge in [-0.25, -0.2) is 8.42 Å². The molecule has 0 heterocycles. The van der Waals surface area contributed by atoms with Gasteiger partial charge in [0.2, 0.25) is 11.8 Å². The lowest BCUT2D eigenvalue weighted by Crippen LogP contribution is -2.53. The van der Waals surface area contributed by atoms with E-state index >= 15 is 0 Å². The number of nitrogens with zero attached hydrogens (tertiary/aromatic N) is 2. The van der Waals surface area contributed by atoms with Gasteiger partial charge in [-0.15, -0.1) is 0 Å². The van der Waals surface area contributed by atoms with E-state index in [1.54, 1.807) is 36.4 Å². The third-order valence-corrected chi connectivity index (χ3v) is 10.0. The summed E-state index contributed by atoms with van der Waals surface area (Å²) in [4.78, 5) is 29.9. The van der Waals surface area contributed by atoms with Crippen molar-refractivity contribution in [2.45, 2.75) is 44.7 Å². The summed E-state index contributed by atoms with van der Waals surface area (Å²) < 4.78 is 31.0. The van der Waals surface area contributed by atoms with Gasteiger partial charge in [0, 0.05) is 28.5 Å². The molecule has 236 valence electrons. The van der Waals surface area contributed by atoms with Gasteiger partial charge >= 0.3 is 0 Å². The molecule has 0 aromatic heterocycles. The number of amides is 2. The van der Waals surface area contributed by atoms with Gasteiger partial charge < -0.3 is 10.2 Å². The Hall–Kier alpha value is -3.47. The maximum atomic E-state index is 14.5. The van der Waals surface area contributed by atoms with Crippen LogP contribution in [0.3, 0.4) is 0 Å². The molecular formula is C35H37Br2N3O4S. The van der Waals surface area contributed by atoms with Crippen molar-refractivity contribution < 1.29 is 18.0 Å². The Labute approximate surface area is 283 Å². The van der Waals surface area contributed by atoms with E-state index in [4.69, 9.17) is 0 Å². The van der Waals surface area contributed by atoms with Crippen LogP contribution >= 0.6 is 31.9 Å². The van der Waals surface area contributed by atoms with Crippen molar-refractivity contribution >= 4 is 59.4 Å². The number of aryl methyl sites for hydroxylation is 1. The quantitative estimate of drug-likeness (QED) is 0.158. The Kier molecular flexibility index (Phi) is 12.0. The number of hydrogen-bond donors (Lipinski definition) is 1. The van der Waals surface area contributed by atoms with Gasteiger partial charge in [-0.1, -0.05) is 106 Å². The highest BCUT2D eigenvalue weighted by atomic mass is 79.9. The van der Waals surface area contributed by atoms with Crippen LogP contribution in [0.25, 0.3) is 0 Å². The maximum absolute atomic E-state index is 14.5. The van der Waals surface area contributed by atoms with Crippen molar-refractivity contribution in [2.24, 2.45) is 5.92 Å². The fraction of sp³-hybridized carbons (Fsp3) is 0.257. The number of carbonyl (C=O) groups is 2. The molecule has 45 heavy (non-hydrogen) atoms. The van der Waals surface area contributed by atoms with Crippen molar-refractivity contribution in [1.82, 2.24) is 10.2 Å². The Morgan fingerprint density at radius 2 is 1.44 bits per heavy atom. The summed E-state index contributed by atoms with van der Waals surface area (Å²) in [6.45, 7) is 5.92. The van der Waals surface area contributed by atoms with Gasteiger partial charge in [0.25, 0.3) is 10.0 Å². The van der Waals surface area contributed by atoms with Crippen LogP contribution in [-0.2, 0) is 32.6 Å². The molecule has 2 amide bonds. The number of anilines is 1. The third kappa shape index (κ3) is 9.51. The molecule has 0 saturated carbocycles. The number of benzene rings is 4. The van der Waals surface area contributed by atoms with Gasteiger partial charge in [-0.2, -0.15) is 0 Å². The Morgan fingerprint density at radius 1 is 0.800 bits per heavy atom. The van der Waals surface area contributed by atoms with Crippen LogP contribution < -0.4 is 9.62 Å². The van der Waals surface area contributed by atoms with Gasteiger partial charge in [0.1, 0.15) is 12.6 Å². The minimum Gasteiger partial charge on any atom is -0.354 e. The fourth-order valence-electron chi connectivity index (χ4n) is 4.78. The van der Waals surface area contributed by atoms with Gasteiger partial charge in [0.05, 0.1) is 10.6 Å². The topological polar surface area (TPSA) is 86.8 Å². The first-order valence-corrected chi connectivity index (χ1v) is 17.7. The van der Waals surface area contributed by atoms with Crippen LogP contribution in [0, 0.1) is 12.8 Å². The normalized spacial score (nSPS) is 12.0. The Morgan fingerprint density at radius 3 is 2.07 bits per heavy atom. The van der Waals surface area contributed by atoms with Crippen LogP contribution in [0.2, 0.25) is 0 Å². The van der Waals surface area contributed by atoms with E-state index in [9.17, 15) is 18.0 Å². The minimum absolute atomic E-state index is 0.0675. The van der Waals surface area contributed by atoms with Gasteiger partial charge in [0.15, 0.2) is 0 Å². The molecule has 0 bridgehead atoms. The van der Waals surface area contributed by atoms with Crippen molar-refractivity contribution in [3.05, 3.63) is 129 Å². The zero-order chi connectivity index (χ0) is 32.6. The van der Waals surface area contributed by atoms with E-state index in [2.05, 4.69) is 37.2 Å². The fourth-order valence-corrected chi connectivity index (χ4v) is 6.91. The second-order valence-corrected chi connectivity index (χ2v) is 15.0. The van der Waals surface area contributed by atoms with Crippen molar-refractivity contribution in [2.75, 3.05) is 17.4 Å². The summed E-state index contributed by atoms with van der Waals surface area (Å²) in [5.41, 5.74) is 2.92. The van der Waals surface area contributed by atoms with Gasteiger partial charge in [-0.05, 0) is 72.5 Å². The molecule has 0 spiro atoms. The van der Waals surface area contributed by atoms with Crippen molar-refractivity contribution in [3.63, 3.8) is 0 Å². The molecule has 0 radical (unpaired) electrons. The lowest BCUT2D eigenvalue weighted by molar-refractivity contribution is -0.140. The van der Waals surface area contributed by atoms with E-state index in [0.717, 1.165) is 29.9 Å². The average Bonchev–Trinajstić information content (AvgIpc) is 3.01. The first-order chi connectivity index (χ1) is 21.4. The predicted molar refractivity (Wildman–Crippen MR) is 186 cm³/mol. The van der Waals surface area contributed by atoms with Crippen LogP contribution in [0.4, 0.5) is 5.69 Å². The highest BCUT2D eigenvalue weighted by molar-refractivity contribution is 9.10. The predicted octanol–water partition coefficient (Wildman–Crippen LogP) is 7.13. The van der Waals surface area contributed by atoms with E-state index < -0.39 is 28.5 Å². The molecule has 1 atom stereocenters. The van der Waals surface area contributed by atoms with Crippen LogP contribution in [-0.4, -0.2) is 44.3 Å². The first kappa shape index (κ1) is 34.4. The number of halogens is 2. The van der Waals surface area contributed by atoms with Gasteiger partial charge in [-0.3, -0.25) is 13.9 Å².